The van der Waals surface area contributed by atoms with Gasteiger partial charge in [-0.05, 0) is 57.7 Å². The van der Waals surface area contributed by atoms with Crippen LogP contribution in [-0.2, 0) is 21.0 Å². The fraction of sp³-hybridized carbons (Fsp3) is 0.682. The molecule has 0 radical (unpaired) electrons. The van der Waals surface area contributed by atoms with E-state index in [1.54, 1.807) is 0 Å². The number of alkyl halides is 3. The number of likely N-dealkylation sites (tertiary alicyclic amines) is 1. The summed E-state index contributed by atoms with van der Waals surface area (Å²) in [6, 6.07) is 4.79. The second-order valence-electron chi connectivity index (χ2n) is 8.70. The van der Waals surface area contributed by atoms with Crippen molar-refractivity contribution in [1.82, 2.24) is 14.5 Å². The lowest BCUT2D eigenvalue weighted by atomic mass is 9.97. The molecule has 2 aliphatic heterocycles. The highest BCUT2D eigenvalue weighted by Crippen LogP contribution is 2.36. The Morgan fingerprint density at radius 3 is 2.44 bits per heavy atom. The van der Waals surface area contributed by atoms with Crippen LogP contribution in [0.2, 0.25) is 0 Å². The maximum Gasteiger partial charge on any atom is 0.417 e. The molecule has 0 aromatic heterocycles. The summed E-state index contributed by atoms with van der Waals surface area (Å²) in [4.78, 5) is 14.2. The van der Waals surface area contributed by atoms with E-state index in [0.29, 0.717) is 25.4 Å². The zero-order valence-electron chi connectivity index (χ0n) is 18.4. The SMILES string of the molecule is CC1CCCCN1CCCNC(=O)C1CCN(S(=O)(=O)c2ccccc2C(F)(F)F)CC1. The average molecular weight is 476 g/mol. The van der Waals surface area contributed by atoms with Gasteiger partial charge in [-0.1, -0.05) is 18.6 Å². The molecule has 10 heteroatoms. The second-order valence-corrected chi connectivity index (χ2v) is 10.6. The number of halogens is 3. The zero-order valence-corrected chi connectivity index (χ0v) is 19.2. The fourth-order valence-electron chi connectivity index (χ4n) is 4.55. The number of amides is 1. The topological polar surface area (TPSA) is 69.7 Å². The van der Waals surface area contributed by atoms with E-state index in [1.807, 2.05) is 0 Å². The Balaban J connectivity index is 1.49. The van der Waals surface area contributed by atoms with Crippen LogP contribution in [0.4, 0.5) is 13.2 Å². The first-order chi connectivity index (χ1) is 15.1. The molecule has 1 N–H and O–H groups in total. The van der Waals surface area contributed by atoms with Crippen molar-refractivity contribution in [3.8, 4) is 0 Å². The first-order valence-corrected chi connectivity index (χ1v) is 12.7. The third kappa shape index (κ3) is 6.02. The molecule has 0 spiro atoms. The van der Waals surface area contributed by atoms with E-state index in [0.717, 1.165) is 35.9 Å². The first-order valence-electron chi connectivity index (χ1n) is 11.3. The lowest BCUT2D eigenvalue weighted by Crippen LogP contribution is -2.44. The summed E-state index contributed by atoms with van der Waals surface area (Å²) in [7, 11) is -4.29. The minimum absolute atomic E-state index is 0.0257. The van der Waals surface area contributed by atoms with Gasteiger partial charge in [-0.3, -0.25) is 4.79 Å². The molecule has 2 fully saturated rings. The Bertz CT molecular complexity index is 884. The van der Waals surface area contributed by atoms with Gasteiger partial charge in [-0.15, -0.1) is 0 Å². The number of hydrogen-bond donors (Lipinski definition) is 1. The summed E-state index contributed by atoms with van der Waals surface area (Å²) < 4.78 is 66.5. The molecule has 2 heterocycles. The maximum absolute atomic E-state index is 13.3. The van der Waals surface area contributed by atoms with Crippen LogP contribution in [0.1, 0.15) is 51.0 Å². The molecule has 3 rings (SSSR count). The predicted molar refractivity (Wildman–Crippen MR) is 115 cm³/mol. The van der Waals surface area contributed by atoms with Crippen LogP contribution in [0.25, 0.3) is 0 Å². The molecule has 1 atom stereocenters. The highest BCUT2D eigenvalue weighted by Gasteiger charge is 2.40. The summed E-state index contributed by atoms with van der Waals surface area (Å²) in [5.41, 5.74) is -1.16. The monoisotopic (exact) mass is 475 g/mol. The number of nitrogens with zero attached hydrogens (tertiary/aromatic N) is 2. The molecule has 0 saturated carbocycles. The van der Waals surface area contributed by atoms with Gasteiger partial charge >= 0.3 is 6.18 Å². The number of carbonyl (C=O) groups is 1. The molecule has 1 aromatic carbocycles. The van der Waals surface area contributed by atoms with Crippen molar-refractivity contribution in [3.63, 3.8) is 0 Å². The third-order valence-electron chi connectivity index (χ3n) is 6.50. The van der Waals surface area contributed by atoms with Crippen molar-refractivity contribution < 1.29 is 26.4 Å². The minimum Gasteiger partial charge on any atom is -0.356 e. The van der Waals surface area contributed by atoms with Crippen LogP contribution in [0.3, 0.4) is 0 Å². The van der Waals surface area contributed by atoms with Crippen LogP contribution >= 0.6 is 0 Å². The van der Waals surface area contributed by atoms with Crippen molar-refractivity contribution in [3.05, 3.63) is 29.8 Å². The van der Waals surface area contributed by atoms with Crippen LogP contribution in [0.5, 0.6) is 0 Å². The summed E-state index contributed by atoms with van der Waals surface area (Å²) in [6.07, 6.45) is 0.383. The Morgan fingerprint density at radius 1 is 1.09 bits per heavy atom. The molecule has 1 aromatic rings. The lowest BCUT2D eigenvalue weighted by Gasteiger charge is -2.33. The van der Waals surface area contributed by atoms with E-state index in [4.69, 9.17) is 0 Å². The van der Waals surface area contributed by atoms with Gasteiger partial charge in [0.25, 0.3) is 0 Å². The molecule has 1 unspecified atom stereocenters. The van der Waals surface area contributed by atoms with Gasteiger partial charge < -0.3 is 10.2 Å². The highest BCUT2D eigenvalue weighted by atomic mass is 32.2. The zero-order chi connectivity index (χ0) is 23.4. The van der Waals surface area contributed by atoms with Crippen LogP contribution in [0, 0.1) is 5.92 Å². The van der Waals surface area contributed by atoms with E-state index in [9.17, 15) is 26.4 Å². The Hall–Kier alpha value is -1.65. The quantitative estimate of drug-likeness (QED) is 0.613. The summed E-state index contributed by atoms with van der Waals surface area (Å²) in [5.74, 6) is -0.433. The second kappa shape index (κ2) is 10.5. The predicted octanol–water partition coefficient (Wildman–Crippen LogP) is 3.49. The van der Waals surface area contributed by atoms with E-state index in [1.165, 1.54) is 31.4 Å². The van der Waals surface area contributed by atoms with Crippen molar-refractivity contribution in [2.75, 3.05) is 32.7 Å². The van der Waals surface area contributed by atoms with Gasteiger partial charge in [0, 0.05) is 38.1 Å². The number of carbonyl (C=O) groups excluding carboxylic acids is 1. The largest absolute Gasteiger partial charge is 0.417 e. The number of piperidine rings is 2. The molecule has 0 bridgehead atoms. The molecule has 6 nitrogen and oxygen atoms in total. The standard InChI is InChI=1S/C22H32F3N3O3S/c1-17-7-4-5-13-27(17)14-6-12-26-21(29)18-10-15-28(16-11-18)32(30,31)20-9-3-2-8-19(20)22(23,24)25/h2-3,8-9,17-18H,4-7,10-16H2,1H3,(H,26,29). The van der Waals surface area contributed by atoms with Crippen molar-refractivity contribution in [2.45, 2.75) is 62.6 Å². The van der Waals surface area contributed by atoms with E-state index in [2.05, 4.69) is 17.1 Å². The summed E-state index contributed by atoms with van der Waals surface area (Å²) >= 11 is 0. The summed E-state index contributed by atoms with van der Waals surface area (Å²) in [6.45, 7) is 4.89. The van der Waals surface area contributed by atoms with Gasteiger partial charge in [0.1, 0.15) is 0 Å². The van der Waals surface area contributed by atoms with Crippen molar-refractivity contribution >= 4 is 15.9 Å². The third-order valence-corrected chi connectivity index (χ3v) is 8.45. The van der Waals surface area contributed by atoms with Gasteiger partial charge in [0.2, 0.25) is 15.9 Å². The molecular formula is C22H32F3N3O3S. The van der Waals surface area contributed by atoms with E-state index >= 15 is 0 Å². The molecule has 2 aliphatic rings. The van der Waals surface area contributed by atoms with Gasteiger partial charge in [0.15, 0.2) is 0 Å². The van der Waals surface area contributed by atoms with Crippen LogP contribution in [-0.4, -0.2) is 62.3 Å². The van der Waals surface area contributed by atoms with Gasteiger partial charge in [0.05, 0.1) is 10.5 Å². The molecule has 1 amide bonds. The number of benzene rings is 1. The van der Waals surface area contributed by atoms with E-state index in [-0.39, 0.29) is 24.9 Å². The molecule has 32 heavy (non-hydrogen) atoms. The Labute approximate surface area is 188 Å². The number of nitrogens with one attached hydrogen (secondary N) is 1. The fourth-order valence-corrected chi connectivity index (χ4v) is 6.23. The molecule has 2 saturated heterocycles. The van der Waals surface area contributed by atoms with Gasteiger partial charge in [-0.2, -0.15) is 17.5 Å². The smallest absolute Gasteiger partial charge is 0.356 e. The summed E-state index contributed by atoms with van der Waals surface area (Å²) in [5, 5.41) is 2.94. The molecule has 0 aliphatic carbocycles. The average Bonchev–Trinajstić information content (AvgIpc) is 2.77. The van der Waals surface area contributed by atoms with Crippen LogP contribution < -0.4 is 5.32 Å². The number of sulfonamides is 1. The van der Waals surface area contributed by atoms with Crippen LogP contribution in [0.15, 0.2) is 29.2 Å². The van der Waals surface area contributed by atoms with E-state index < -0.39 is 26.7 Å². The Morgan fingerprint density at radius 2 is 1.78 bits per heavy atom. The normalized spacial score (nSPS) is 22.1. The highest BCUT2D eigenvalue weighted by molar-refractivity contribution is 7.89. The lowest BCUT2D eigenvalue weighted by molar-refractivity contribution is -0.139. The van der Waals surface area contributed by atoms with Crippen molar-refractivity contribution in [1.29, 1.82) is 0 Å². The minimum atomic E-state index is -4.76. The van der Waals surface area contributed by atoms with Gasteiger partial charge in [-0.25, -0.2) is 8.42 Å². The molecular weight excluding hydrogens is 443 g/mol. The number of rotatable bonds is 7. The first kappa shape index (κ1) is 25.0. The molecule has 180 valence electrons. The van der Waals surface area contributed by atoms with Crippen molar-refractivity contribution in [2.24, 2.45) is 5.92 Å². The maximum atomic E-state index is 13.3. The Kier molecular flexibility index (Phi) is 8.21. The number of hydrogen-bond acceptors (Lipinski definition) is 4.